The fourth-order valence-corrected chi connectivity index (χ4v) is 4.79. The monoisotopic (exact) mass is 406 g/mol. The summed E-state index contributed by atoms with van der Waals surface area (Å²) in [6.07, 6.45) is 6.04. The highest BCUT2D eigenvalue weighted by Gasteiger charge is 2.40. The molecule has 3 unspecified atom stereocenters. The molecule has 6 nitrogen and oxygen atoms in total. The van der Waals surface area contributed by atoms with Gasteiger partial charge in [-0.2, -0.15) is 0 Å². The average Bonchev–Trinajstić information content (AvgIpc) is 3.12. The summed E-state index contributed by atoms with van der Waals surface area (Å²) in [7, 11) is 0. The van der Waals surface area contributed by atoms with Crippen molar-refractivity contribution in [3.8, 4) is 0 Å². The van der Waals surface area contributed by atoms with Crippen LogP contribution in [-0.2, 0) is 4.79 Å². The lowest BCUT2D eigenvalue weighted by atomic mass is 9.85. The summed E-state index contributed by atoms with van der Waals surface area (Å²) in [6, 6.07) is 8.23. The summed E-state index contributed by atoms with van der Waals surface area (Å²) in [4.78, 5) is 29.1. The minimum atomic E-state index is -0.0855. The van der Waals surface area contributed by atoms with E-state index in [4.69, 9.17) is 0 Å². The van der Waals surface area contributed by atoms with Gasteiger partial charge in [0.2, 0.25) is 5.91 Å². The quantitative estimate of drug-likeness (QED) is 0.793. The van der Waals surface area contributed by atoms with Crippen LogP contribution in [0.2, 0.25) is 0 Å². The summed E-state index contributed by atoms with van der Waals surface area (Å²) in [6.45, 7) is 4.42. The van der Waals surface area contributed by atoms with Crippen LogP contribution < -0.4 is 10.6 Å². The fourth-order valence-electron chi connectivity index (χ4n) is 4.79. The van der Waals surface area contributed by atoms with Crippen molar-refractivity contribution in [2.45, 2.75) is 51.1 Å². The van der Waals surface area contributed by atoms with Gasteiger partial charge in [0, 0.05) is 37.9 Å². The predicted molar refractivity (Wildman–Crippen MR) is 113 cm³/mol. The van der Waals surface area contributed by atoms with Gasteiger partial charge in [0.25, 0.3) is 0 Å². The summed E-state index contributed by atoms with van der Waals surface area (Å²) < 4.78 is 0. The molecule has 2 heterocycles. The number of carbonyl (C=O) groups is 2. The van der Waals surface area contributed by atoms with Crippen LogP contribution in [0.4, 0.5) is 10.5 Å². The molecule has 7 heteroatoms. The predicted octanol–water partition coefficient (Wildman–Crippen LogP) is 3.01. The molecule has 28 heavy (non-hydrogen) atoms. The molecular weight excluding hydrogens is 376 g/mol. The van der Waals surface area contributed by atoms with Gasteiger partial charge in [0.15, 0.2) is 0 Å². The third kappa shape index (κ3) is 4.61. The van der Waals surface area contributed by atoms with Crippen molar-refractivity contribution >= 4 is 30.0 Å². The van der Waals surface area contributed by atoms with E-state index >= 15 is 0 Å². The molecule has 154 valence electrons. The first kappa shape index (κ1) is 20.9. The van der Waals surface area contributed by atoms with Gasteiger partial charge in [-0.1, -0.05) is 25.0 Å². The molecule has 3 atom stereocenters. The minimum Gasteiger partial charge on any atom is -0.338 e. The molecule has 2 aliphatic heterocycles. The number of rotatable bonds is 2. The number of nitrogens with one attached hydrogen (secondary N) is 2. The van der Waals surface area contributed by atoms with Gasteiger partial charge in [-0.3, -0.25) is 4.79 Å². The van der Waals surface area contributed by atoms with Crippen LogP contribution >= 0.6 is 12.4 Å². The van der Waals surface area contributed by atoms with E-state index in [2.05, 4.69) is 10.6 Å². The average molecular weight is 407 g/mol. The minimum absolute atomic E-state index is 0. The van der Waals surface area contributed by atoms with Gasteiger partial charge < -0.3 is 20.4 Å². The molecule has 0 spiro atoms. The van der Waals surface area contributed by atoms with E-state index in [0.29, 0.717) is 38.1 Å². The van der Waals surface area contributed by atoms with Gasteiger partial charge in [-0.05, 0) is 49.8 Å². The Balaban J connectivity index is 0.00000225. The van der Waals surface area contributed by atoms with Crippen LogP contribution in [0.15, 0.2) is 24.3 Å². The van der Waals surface area contributed by atoms with Gasteiger partial charge >= 0.3 is 6.03 Å². The molecule has 3 fully saturated rings. The standard InChI is InChI=1S/C21H30N4O2.ClH/c1-15-5-4-7-17(13-15)22-21(27)25-11-9-24(10-12-25)20(26)19-14-16-6-2-3-8-18(16)23-19;/h4-5,7,13,16,18-19,23H,2-3,6,8-12,14H2,1H3,(H,22,27);1H. The Morgan fingerprint density at radius 2 is 1.79 bits per heavy atom. The van der Waals surface area contributed by atoms with Crippen molar-refractivity contribution < 1.29 is 9.59 Å². The lowest BCUT2D eigenvalue weighted by Crippen LogP contribution is -2.55. The van der Waals surface area contributed by atoms with Gasteiger partial charge in [0.05, 0.1) is 6.04 Å². The first-order valence-electron chi connectivity index (χ1n) is 10.3. The normalized spacial score (nSPS) is 27.0. The SMILES string of the molecule is Cc1cccc(NC(=O)N2CCN(C(=O)C3CC4CCCCC4N3)CC2)c1.Cl. The molecule has 0 radical (unpaired) electrons. The van der Waals surface area contributed by atoms with Crippen molar-refractivity contribution in [1.29, 1.82) is 0 Å². The second kappa shape index (κ2) is 9.14. The maximum absolute atomic E-state index is 12.9. The Labute approximate surface area is 173 Å². The summed E-state index contributed by atoms with van der Waals surface area (Å²) in [5, 5.41) is 6.53. The third-order valence-electron chi connectivity index (χ3n) is 6.31. The number of fused-ring (bicyclic) bond motifs is 1. The Morgan fingerprint density at radius 3 is 2.50 bits per heavy atom. The number of piperazine rings is 1. The molecule has 0 aromatic heterocycles. The Morgan fingerprint density at radius 1 is 1.07 bits per heavy atom. The highest BCUT2D eigenvalue weighted by Crippen LogP contribution is 2.33. The number of anilines is 1. The van der Waals surface area contributed by atoms with Crippen molar-refractivity contribution in [2.75, 3.05) is 31.5 Å². The number of nitrogens with zero attached hydrogens (tertiary/aromatic N) is 2. The first-order valence-corrected chi connectivity index (χ1v) is 10.3. The lowest BCUT2D eigenvalue weighted by Gasteiger charge is -2.36. The van der Waals surface area contributed by atoms with Crippen LogP contribution in [0.25, 0.3) is 0 Å². The number of urea groups is 1. The van der Waals surface area contributed by atoms with Crippen LogP contribution in [0, 0.1) is 12.8 Å². The molecule has 2 saturated heterocycles. The lowest BCUT2D eigenvalue weighted by molar-refractivity contribution is -0.134. The smallest absolute Gasteiger partial charge is 0.321 e. The number of halogens is 1. The van der Waals surface area contributed by atoms with E-state index in [9.17, 15) is 9.59 Å². The summed E-state index contributed by atoms with van der Waals surface area (Å²) in [5.41, 5.74) is 1.93. The van der Waals surface area contributed by atoms with E-state index in [-0.39, 0.29) is 30.4 Å². The summed E-state index contributed by atoms with van der Waals surface area (Å²) in [5.74, 6) is 0.900. The second-order valence-electron chi connectivity index (χ2n) is 8.22. The highest BCUT2D eigenvalue weighted by molar-refractivity contribution is 5.89. The van der Waals surface area contributed by atoms with Crippen LogP contribution in [-0.4, -0.2) is 60.0 Å². The van der Waals surface area contributed by atoms with Gasteiger partial charge in [-0.15, -0.1) is 12.4 Å². The maximum Gasteiger partial charge on any atom is 0.321 e. The molecular formula is C21H31ClN4O2. The van der Waals surface area contributed by atoms with Crippen molar-refractivity contribution in [2.24, 2.45) is 5.92 Å². The molecule has 0 bridgehead atoms. The van der Waals surface area contributed by atoms with Crippen molar-refractivity contribution in [3.05, 3.63) is 29.8 Å². The van der Waals surface area contributed by atoms with E-state index in [1.165, 1.54) is 25.7 Å². The van der Waals surface area contributed by atoms with Crippen molar-refractivity contribution in [1.82, 2.24) is 15.1 Å². The van der Waals surface area contributed by atoms with Crippen LogP contribution in [0.3, 0.4) is 0 Å². The largest absolute Gasteiger partial charge is 0.338 e. The van der Waals surface area contributed by atoms with Gasteiger partial charge in [0.1, 0.15) is 0 Å². The number of hydrogen-bond donors (Lipinski definition) is 2. The molecule has 3 amide bonds. The summed E-state index contributed by atoms with van der Waals surface area (Å²) >= 11 is 0. The van der Waals surface area contributed by atoms with E-state index in [1.54, 1.807) is 4.90 Å². The number of carbonyl (C=O) groups excluding carboxylic acids is 2. The van der Waals surface area contributed by atoms with Gasteiger partial charge in [-0.25, -0.2) is 4.79 Å². The molecule has 1 saturated carbocycles. The van der Waals surface area contributed by atoms with Crippen molar-refractivity contribution in [3.63, 3.8) is 0 Å². The number of benzene rings is 1. The third-order valence-corrected chi connectivity index (χ3v) is 6.31. The van der Waals surface area contributed by atoms with E-state index in [0.717, 1.165) is 17.7 Å². The molecule has 2 N–H and O–H groups in total. The highest BCUT2D eigenvalue weighted by atomic mass is 35.5. The second-order valence-corrected chi connectivity index (χ2v) is 8.22. The zero-order valence-electron chi connectivity index (χ0n) is 16.5. The molecule has 3 aliphatic rings. The maximum atomic E-state index is 12.9. The molecule has 1 aliphatic carbocycles. The van der Waals surface area contributed by atoms with E-state index in [1.807, 2.05) is 36.1 Å². The molecule has 4 rings (SSSR count). The number of aryl methyl sites for hydroxylation is 1. The molecule has 1 aromatic carbocycles. The first-order chi connectivity index (χ1) is 13.1. The fraction of sp³-hybridized carbons (Fsp3) is 0.619. The zero-order chi connectivity index (χ0) is 18.8. The Bertz CT molecular complexity index is 691. The van der Waals surface area contributed by atoms with Crippen LogP contribution in [0.1, 0.15) is 37.7 Å². The molecule has 1 aromatic rings. The topological polar surface area (TPSA) is 64.7 Å². The number of amides is 3. The zero-order valence-corrected chi connectivity index (χ0v) is 17.3. The van der Waals surface area contributed by atoms with Crippen LogP contribution in [0.5, 0.6) is 0 Å². The Hall–Kier alpha value is -1.79. The van der Waals surface area contributed by atoms with E-state index < -0.39 is 0 Å². The number of hydrogen-bond acceptors (Lipinski definition) is 3. The Kier molecular flexibility index (Phi) is 6.83.